The maximum Gasteiger partial charge on any atom is 0.161 e. The zero-order valence-electron chi connectivity index (χ0n) is 22.0. The first-order valence-electron chi connectivity index (χ1n) is 13.2. The SMILES string of the molecule is C=C/C=C\C(=C)c1cccc2[nH]c(-c3n[nH]c4ccc(C(/C=C(\C=C)CN5CCCCC5)=C/C)nc34)nc12. The minimum Gasteiger partial charge on any atom is -0.336 e. The molecule has 3 aromatic heterocycles. The Kier molecular flexibility index (Phi) is 7.61. The molecule has 38 heavy (non-hydrogen) atoms. The molecule has 1 fully saturated rings. The summed E-state index contributed by atoms with van der Waals surface area (Å²) in [6.45, 7) is 17.3. The summed E-state index contributed by atoms with van der Waals surface area (Å²) in [5.74, 6) is 0.665. The quantitative estimate of drug-likeness (QED) is 0.236. The number of H-pyrrole nitrogens is 2. The fraction of sp³-hybridized carbons (Fsp3) is 0.219. The average molecular weight is 503 g/mol. The van der Waals surface area contributed by atoms with Crippen LogP contribution in [-0.2, 0) is 0 Å². The van der Waals surface area contributed by atoms with Gasteiger partial charge in [-0.1, -0.05) is 68.7 Å². The third kappa shape index (κ3) is 5.22. The van der Waals surface area contributed by atoms with E-state index in [1.807, 2.05) is 55.5 Å². The maximum atomic E-state index is 5.03. The fourth-order valence-electron chi connectivity index (χ4n) is 4.95. The highest BCUT2D eigenvalue weighted by Gasteiger charge is 2.17. The lowest BCUT2D eigenvalue weighted by Gasteiger charge is -2.26. The normalized spacial score (nSPS) is 15.5. The van der Waals surface area contributed by atoms with Crippen molar-refractivity contribution in [2.75, 3.05) is 19.6 Å². The van der Waals surface area contributed by atoms with Crippen molar-refractivity contribution in [2.24, 2.45) is 0 Å². The van der Waals surface area contributed by atoms with E-state index in [4.69, 9.17) is 9.97 Å². The molecule has 0 bridgehead atoms. The first kappa shape index (κ1) is 25.4. The lowest BCUT2D eigenvalue weighted by molar-refractivity contribution is 0.248. The molecule has 0 atom stereocenters. The number of aromatic nitrogens is 5. The molecule has 0 spiro atoms. The van der Waals surface area contributed by atoms with Crippen LogP contribution in [0.1, 0.15) is 37.4 Å². The number of pyridine rings is 1. The molecule has 1 saturated heterocycles. The summed E-state index contributed by atoms with van der Waals surface area (Å²) in [7, 11) is 0. The summed E-state index contributed by atoms with van der Waals surface area (Å²) < 4.78 is 0. The molecule has 4 aromatic rings. The number of aromatic amines is 2. The molecule has 1 aliphatic heterocycles. The minimum absolute atomic E-state index is 0.665. The van der Waals surface area contributed by atoms with Gasteiger partial charge >= 0.3 is 0 Å². The van der Waals surface area contributed by atoms with Gasteiger partial charge in [-0.15, -0.1) is 0 Å². The van der Waals surface area contributed by atoms with Crippen LogP contribution in [0.25, 0.3) is 44.7 Å². The maximum absolute atomic E-state index is 5.03. The smallest absolute Gasteiger partial charge is 0.161 e. The Morgan fingerprint density at radius 2 is 1.87 bits per heavy atom. The van der Waals surface area contributed by atoms with Gasteiger partial charge in [0.25, 0.3) is 0 Å². The number of hydrogen-bond donors (Lipinski definition) is 2. The molecule has 0 amide bonds. The topological polar surface area (TPSA) is 73.5 Å². The van der Waals surface area contributed by atoms with Crippen LogP contribution >= 0.6 is 0 Å². The molecule has 0 radical (unpaired) electrons. The highest BCUT2D eigenvalue weighted by atomic mass is 15.2. The van der Waals surface area contributed by atoms with E-state index >= 15 is 0 Å². The molecule has 192 valence electrons. The predicted octanol–water partition coefficient (Wildman–Crippen LogP) is 7.26. The number of benzene rings is 1. The number of rotatable bonds is 9. The van der Waals surface area contributed by atoms with Gasteiger partial charge in [0, 0.05) is 12.1 Å². The molecule has 5 rings (SSSR count). The van der Waals surface area contributed by atoms with Gasteiger partial charge in [-0.05, 0) is 73.8 Å². The van der Waals surface area contributed by atoms with Gasteiger partial charge in [0.05, 0.1) is 22.2 Å². The number of hydrogen-bond acceptors (Lipinski definition) is 4. The van der Waals surface area contributed by atoms with Crippen molar-refractivity contribution in [3.63, 3.8) is 0 Å². The van der Waals surface area contributed by atoms with Gasteiger partial charge in [-0.2, -0.15) is 5.10 Å². The van der Waals surface area contributed by atoms with Gasteiger partial charge in [-0.3, -0.25) is 10.00 Å². The second-order valence-corrected chi connectivity index (χ2v) is 9.58. The zero-order valence-corrected chi connectivity index (χ0v) is 22.0. The van der Waals surface area contributed by atoms with E-state index in [1.54, 1.807) is 6.08 Å². The summed E-state index contributed by atoms with van der Waals surface area (Å²) in [5.41, 5.74) is 9.07. The summed E-state index contributed by atoms with van der Waals surface area (Å²) in [6.07, 6.45) is 15.7. The highest BCUT2D eigenvalue weighted by molar-refractivity contribution is 5.95. The summed E-state index contributed by atoms with van der Waals surface area (Å²) in [4.78, 5) is 15.9. The van der Waals surface area contributed by atoms with E-state index < -0.39 is 0 Å². The zero-order chi connectivity index (χ0) is 26.5. The number of fused-ring (bicyclic) bond motifs is 2. The molecule has 1 aliphatic rings. The van der Waals surface area contributed by atoms with Crippen molar-refractivity contribution in [3.05, 3.63) is 103 Å². The highest BCUT2D eigenvalue weighted by Crippen LogP contribution is 2.30. The minimum atomic E-state index is 0.665. The number of para-hydroxylation sites is 1. The summed E-state index contributed by atoms with van der Waals surface area (Å²) in [6, 6.07) is 10.1. The van der Waals surface area contributed by atoms with Crippen molar-refractivity contribution in [1.29, 1.82) is 0 Å². The van der Waals surface area contributed by atoms with E-state index in [9.17, 15) is 0 Å². The van der Waals surface area contributed by atoms with Crippen LogP contribution < -0.4 is 0 Å². The third-order valence-corrected chi connectivity index (χ3v) is 6.99. The molecule has 6 nitrogen and oxygen atoms in total. The van der Waals surface area contributed by atoms with Crippen molar-refractivity contribution < 1.29 is 0 Å². The monoisotopic (exact) mass is 502 g/mol. The van der Waals surface area contributed by atoms with Gasteiger partial charge in [0.2, 0.25) is 0 Å². The molecule has 0 saturated carbocycles. The molecule has 0 aliphatic carbocycles. The second kappa shape index (κ2) is 11.4. The third-order valence-electron chi connectivity index (χ3n) is 6.99. The molecule has 4 heterocycles. The van der Waals surface area contributed by atoms with Crippen LogP contribution in [0.2, 0.25) is 0 Å². The van der Waals surface area contributed by atoms with E-state index in [0.29, 0.717) is 11.5 Å². The molecule has 2 N–H and O–H groups in total. The van der Waals surface area contributed by atoms with Gasteiger partial charge in [0.15, 0.2) is 11.5 Å². The van der Waals surface area contributed by atoms with Gasteiger partial charge in [0.1, 0.15) is 5.52 Å². The summed E-state index contributed by atoms with van der Waals surface area (Å²) >= 11 is 0. The molecule has 6 heteroatoms. The Labute approximate surface area is 223 Å². The van der Waals surface area contributed by atoms with Crippen molar-refractivity contribution in [2.45, 2.75) is 26.2 Å². The van der Waals surface area contributed by atoms with Gasteiger partial charge in [-0.25, -0.2) is 9.97 Å². The Morgan fingerprint density at radius 1 is 1.03 bits per heavy atom. The van der Waals surface area contributed by atoms with Crippen LogP contribution in [0.3, 0.4) is 0 Å². The van der Waals surface area contributed by atoms with Crippen molar-refractivity contribution in [3.8, 4) is 11.5 Å². The number of likely N-dealkylation sites (tertiary alicyclic amines) is 1. The Balaban J connectivity index is 1.50. The van der Waals surface area contributed by atoms with E-state index in [2.05, 4.69) is 52.0 Å². The van der Waals surface area contributed by atoms with E-state index in [-0.39, 0.29) is 0 Å². The molecule has 0 unspecified atom stereocenters. The van der Waals surface area contributed by atoms with Crippen molar-refractivity contribution in [1.82, 2.24) is 30.0 Å². The molecular weight excluding hydrogens is 468 g/mol. The van der Waals surface area contributed by atoms with E-state index in [1.165, 1.54) is 24.8 Å². The predicted molar refractivity (Wildman–Crippen MR) is 160 cm³/mol. The fourth-order valence-corrected chi connectivity index (χ4v) is 4.95. The number of nitrogens with one attached hydrogen (secondary N) is 2. The van der Waals surface area contributed by atoms with Crippen LogP contribution in [-0.4, -0.2) is 49.7 Å². The lowest BCUT2D eigenvalue weighted by atomic mass is 10.0. The van der Waals surface area contributed by atoms with Crippen LogP contribution in [0.5, 0.6) is 0 Å². The average Bonchev–Trinajstić information content (AvgIpc) is 3.58. The molecular formula is C32H34N6. The summed E-state index contributed by atoms with van der Waals surface area (Å²) in [5, 5.41) is 7.69. The number of piperidine rings is 1. The standard InChI is InChI=1S/C32H34N6/c1-5-8-13-22(4)25-14-12-15-27-29(25)35-32(34-27)31-30-28(36-37-31)17-16-26(33-30)24(7-3)20-23(6-2)21-38-18-10-9-11-19-38/h5-8,12-17,20H,1-2,4,9-11,18-19,21H2,3H3,(H,34,35)(H,36,37)/b13-8-,23-20+,24-7+. The van der Waals surface area contributed by atoms with E-state index in [0.717, 1.165) is 64.1 Å². The lowest BCUT2D eigenvalue weighted by Crippen LogP contribution is -2.31. The Morgan fingerprint density at radius 3 is 2.63 bits per heavy atom. The Hall–Kier alpha value is -4.29. The number of imidazole rings is 1. The first-order chi connectivity index (χ1) is 18.6. The van der Waals surface area contributed by atoms with Crippen LogP contribution in [0, 0.1) is 0 Å². The first-order valence-corrected chi connectivity index (χ1v) is 13.2. The second-order valence-electron chi connectivity index (χ2n) is 9.58. The van der Waals surface area contributed by atoms with Crippen LogP contribution in [0.4, 0.5) is 0 Å². The Bertz CT molecular complexity index is 1590. The van der Waals surface area contributed by atoms with Crippen LogP contribution in [0.15, 0.2) is 92.1 Å². The number of allylic oxidation sites excluding steroid dienone is 7. The van der Waals surface area contributed by atoms with Gasteiger partial charge < -0.3 is 4.98 Å². The number of nitrogens with zero attached hydrogens (tertiary/aromatic N) is 4. The van der Waals surface area contributed by atoms with Crippen molar-refractivity contribution >= 4 is 33.2 Å². The largest absolute Gasteiger partial charge is 0.336 e. The molecule has 1 aromatic carbocycles.